The van der Waals surface area contributed by atoms with E-state index in [1.807, 2.05) is 13.0 Å². The Labute approximate surface area is 158 Å². The normalized spacial score (nSPS) is 17.0. The number of methoxy groups -OCH3 is 1. The molecule has 1 heterocycles. The number of hydrogen-bond donors (Lipinski definition) is 1. The molecule has 0 radical (unpaired) electrons. The molecule has 0 aromatic heterocycles. The summed E-state index contributed by atoms with van der Waals surface area (Å²) in [5.74, 6) is -0.699. The van der Waals surface area contributed by atoms with Crippen LogP contribution in [0.3, 0.4) is 0 Å². The average Bonchev–Trinajstić information content (AvgIpc) is 3.05. The van der Waals surface area contributed by atoms with Crippen molar-refractivity contribution in [3.8, 4) is 5.75 Å². The SMILES string of the molecule is COc1ccc(C)cc1NC(=O)[C@@H]1CCC(=O)N1S(=O)(=O)c1ccccc1. The smallest absolute Gasteiger partial charge is 0.267 e. The second-order valence-electron chi connectivity index (χ2n) is 6.26. The van der Waals surface area contributed by atoms with Crippen molar-refractivity contribution in [1.82, 2.24) is 4.31 Å². The van der Waals surface area contributed by atoms with E-state index in [0.29, 0.717) is 15.7 Å². The van der Waals surface area contributed by atoms with Crippen molar-refractivity contribution in [3.05, 3.63) is 54.1 Å². The van der Waals surface area contributed by atoms with Gasteiger partial charge < -0.3 is 10.1 Å². The van der Waals surface area contributed by atoms with Gasteiger partial charge in [-0.2, -0.15) is 0 Å². The lowest BCUT2D eigenvalue weighted by molar-refractivity contribution is -0.128. The first-order chi connectivity index (χ1) is 12.8. The molecule has 7 nitrogen and oxygen atoms in total. The molecular weight excluding hydrogens is 368 g/mol. The molecule has 1 fully saturated rings. The van der Waals surface area contributed by atoms with Gasteiger partial charge in [0, 0.05) is 6.42 Å². The molecule has 2 aromatic rings. The molecule has 0 unspecified atom stereocenters. The van der Waals surface area contributed by atoms with Crippen LogP contribution in [0.5, 0.6) is 5.75 Å². The third-order valence-corrected chi connectivity index (χ3v) is 6.22. The standard InChI is InChI=1S/C19H20N2O5S/c1-13-8-10-17(26-2)15(12-13)20-19(23)16-9-11-18(22)21(16)27(24,25)14-6-4-3-5-7-14/h3-8,10,12,16H,9,11H2,1-2H3,(H,20,23)/t16-/m0/s1. The van der Waals surface area contributed by atoms with Gasteiger partial charge in [-0.1, -0.05) is 24.3 Å². The van der Waals surface area contributed by atoms with E-state index in [1.165, 1.54) is 19.2 Å². The maximum absolute atomic E-state index is 12.9. The fourth-order valence-electron chi connectivity index (χ4n) is 3.04. The summed E-state index contributed by atoms with van der Waals surface area (Å²) in [7, 11) is -2.63. The van der Waals surface area contributed by atoms with Crippen LogP contribution in [0.15, 0.2) is 53.4 Å². The highest BCUT2D eigenvalue weighted by Crippen LogP contribution is 2.30. The summed E-state index contributed by atoms with van der Waals surface area (Å²) in [4.78, 5) is 25.1. The van der Waals surface area contributed by atoms with Gasteiger partial charge in [0.1, 0.15) is 11.8 Å². The summed E-state index contributed by atoms with van der Waals surface area (Å²) in [6.45, 7) is 1.86. The highest BCUT2D eigenvalue weighted by atomic mass is 32.2. The molecule has 27 heavy (non-hydrogen) atoms. The number of carbonyl (C=O) groups is 2. The van der Waals surface area contributed by atoms with Crippen molar-refractivity contribution in [1.29, 1.82) is 0 Å². The number of amides is 2. The topological polar surface area (TPSA) is 92.8 Å². The lowest BCUT2D eigenvalue weighted by Gasteiger charge is -2.24. The Balaban J connectivity index is 1.91. The van der Waals surface area contributed by atoms with Crippen molar-refractivity contribution in [2.75, 3.05) is 12.4 Å². The van der Waals surface area contributed by atoms with E-state index >= 15 is 0 Å². The van der Waals surface area contributed by atoms with Gasteiger partial charge in [0.15, 0.2) is 0 Å². The minimum absolute atomic E-state index is 0.00486. The number of ether oxygens (including phenoxy) is 1. The first-order valence-corrected chi connectivity index (χ1v) is 9.86. The summed E-state index contributed by atoms with van der Waals surface area (Å²) in [6.07, 6.45) is 0.125. The summed E-state index contributed by atoms with van der Waals surface area (Å²) in [6, 6.07) is 11.8. The van der Waals surface area contributed by atoms with Gasteiger partial charge in [-0.3, -0.25) is 9.59 Å². The molecule has 2 aromatic carbocycles. The van der Waals surface area contributed by atoms with Crippen LogP contribution in [-0.2, 0) is 19.6 Å². The van der Waals surface area contributed by atoms with E-state index in [9.17, 15) is 18.0 Å². The average molecular weight is 388 g/mol. The minimum atomic E-state index is -4.11. The van der Waals surface area contributed by atoms with Crippen molar-refractivity contribution >= 4 is 27.5 Å². The van der Waals surface area contributed by atoms with Crippen LogP contribution in [0.2, 0.25) is 0 Å². The van der Waals surface area contributed by atoms with Crippen LogP contribution in [-0.4, -0.2) is 37.7 Å². The molecule has 8 heteroatoms. The van der Waals surface area contributed by atoms with Gasteiger partial charge in [0.2, 0.25) is 11.8 Å². The highest BCUT2D eigenvalue weighted by Gasteiger charge is 2.44. The van der Waals surface area contributed by atoms with Crippen LogP contribution in [0.4, 0.5) is 5.69 Å². The van der Waals surface area contributed by atoms with Crippen LogP contribution in [0.25, 0.3) is 0 Å². The predicted octanol–water partition coefficient (Wildman–Crippen LogP) is 2.32. The second-order valence-corrected chi connectivity index (χ2v) is 8.07. The van der Waals surface area contributed by atoms with Gasteiger partial charge in [-0.15, -0.1) is 0 Å². The van der Waals surface area contributed by atoms with Gasteiger partial charge in [-0.05, 0) is 43.2 Å². The summed E-state index contributed by atoms with van der Waals surface area (Å²) in [5, 5.41) is 2.70. The van der Waals surface area contributed by atoms with Crippen LogP contribution in [0, 0.1) is 6.92 Å². The van der Waals surface area contributed by atoms with E-state index in [1.54, 1.807) is 30.3 Å². The third-order valence-electron chi connectivity index (χ3n) is 4.38. The van der Waals surface area contributed by atoms with E-state index in [4.69, 9.17) is 4.74 Å². The number of benzene rings is 2. The molecule has 0 saturated carbocycles. The summed E-state index contributed by atoms with van der Waals surface area (Å²) >= 11 is 0. The van der Waals surface area contributed by atoms with Gasteiger partial charge in [0.25, 0.3) is 10.0 Å². The predicted molar refractivity (Wildman–Crippen MR) is 99.9 cm³/mol. The molecule has 0 bridgehead atoms. The molecule has 142 valence electrons. The van der Waals surface area contributed by atoms with Crippen molar-refractivity contribution in [2.24, 2.45) is 0 Å². The zero-order valence-electron chi connectivity index (χ0n) is 15.0. The molecule has 0 spiro atoms. The van der Waals surface area contributed by atoms with Crippen LogP contribution >= 0.6 is 0 Å². The van der Waals surface area contributed by atoms with E-state index in [0.717, 1.165) is 5.56 Å². The Morgan fingerprint density at radius 2 is 1.89 bits per heavy atom. The number of nitrogens with one attached hydrogen (secondary N) is 1. The fourth-order valence-corrected chi connectivity index (χ4v) is 4.67. The Morgan fingerprint density at radius 3 is 2.56 bits per heavy atom. The zero-order chi connectivity index (χ0) is 19.6. The Bertz CT molecular complexity index is 973. The maximum Gasteiger partial charge on any atom is 0.267 e. The first kappa shape index (κ1) is 18.9. The summed E-state index contributed by atoms with van der Waals surface area (Å²) < 4.78 is 31.7. The molecule has 1 aliphatic heterocycles. The number of aryl methyl sites for hydroxylation is 1. The lowest BCUT2D eigenvalue weighted by atomic mass is 10.1. The Morgan fingerprint density at radius 1 is 1.19 bits per heavy atom. The number of rotatable bonds is 5. The van der Waals surface area contributed by atoms with Gasteiger partial charge in [0.05, 0.1) is 17.7 Å². The van der Waals surface area contributed by atoms with Crippen LogP contribution < -0.4 is 10.1 Å². The fraction of sp³-hybridized carbons (Fsp3) is 0.263. The lowest BCUT2D eigenvalue weighted by Crippen LogP contribution is -2.45. The first-order valence-electron chi connectivity index (χ1n) is 8.42. The van der Waals surface area contributed by atoms with Crippen molar-refractivity contribution in [2.45, 2.75) is 30.7 Å². The molecule has 0 aliphatic carbocycles. The quantitative estimate of drug-likeness (QED) is 0.849. The van der Waals surface area contributed by atoms with Gasteiger partial charge in [-0.25, -0.2) is 12.7 Å². The second kappa shape index (κ2) is 7.40. The maximum atomic E-state index is 12.9. The van der Waals surface area contributed by atoms with Crippen molar-refractivity contribution < 1.29 is 22.7 Å². The number of carbonyl (C=O) groups excluding carboxylic acids is 2. The largest absolute Gasteiger partial charge is 0.495 e. The Hall–Kier alpha value is -2.87. The van der Waals surface area contributed by atoms with Crippen molar-refractivity contribution in [3.63, 3.8) is 0 Å². The third kappa shape index (κ3) is 3.66. The van der Waals surface area contributed by atoms with Crippen LogP contribution in [0.1, 0.15) is 18.4 Å². The molecule has 2 amide bonds. The number of nitrogens with zero attached hydrogens (tertiary/aromatic N) is 1. The molecule has 3 rings (SSSR count). The molecular formula is C19H20N2O5S. The van der Waals surface area contributed by atoms with E-state index in [-0.39, 0.29) is 17.7 Å². The summed E-state index contributed by atoms with van der Waals surface area (Å²) in [5.41, 5.74) is 1.33. The number of hydrogen-bond acceptors (Lipinski definition) is 5. The highest BCUT2D eigenvalue weighted by molar-refractivity contribution is 7.89. The van der Waals surface area contributed by atoms with E-state index < -0.39 is 27.9 Å². The monoisotopic (exact) mass is 388 g/mol. The van der Waals surface area contributed by atoms with E-state index in [2.05, 4.69) is 5.32 Å². The minimum Gasteiger partial charge on any atom is -0.495 e. The number of anilines is 1. The molecule has 1 saturated heterocycles. The molecule has 1 atom stereocenters. The van der Waals surface area contributed by atoms with Gasteiger partial charge >= 0.3 is 0 Å². The molecule has 1 aliphatic rings. The number of sulfonamides is 1. The zero-order valence-corrected chi connectivity index (χ0v) is 15.8. The molecule has 1 N–H and O–H groups in total. The Kier molecular flexibility index (Phi) is 5.18.